The number of hydrogen-bond acceptors (Lipinski definition) is 5. The number of thiophene rings is 1. The minimum absolute atomic E-state index is 0.0175. The molecule has 5 nitrogen and oxygen atoms in total. The van der Waals surface area contributed by atoms with Gasteiger partial charge in [0.05, 0.1) is 24.1 Å². The van der Waals surface area contributed by atoms with E-state index in [4.69, 9.17) is 0 Å². The van der Waals surface area contributed by atoms with Crippen LogP contribution in [0.5, 0.6) is 0 Å². The largest absolute Gasteiger partial charge is 0.335 e. The Labute approximate surface area is 135 Å². The normalized spacial score (nSPS) is 27.6. The number of nitrogens with zero attached hydrogens (tertiary/aromatic N) is 2. The predicted octanol–water partition coefficient (Wildman–Crippen LogP) is 1.53. The van der Waals surface area contributed by atoms with Gasteiger partial charge in [-0.1, -0.05) is 0 Å². The maximum Gasteiger partial charge on any atom is 0.237 e. The predicted molar refractivity (Wildman–Crippen MR) is 87.7 cm³/mol. The van der Waals surface area contributed by atoms with E-state index in [1.165, 1.54) is 5.56 Å². The molecule has 0 radical (unpaired) electrons. The SMILES string of the molecule is CN(CC(=O)N1CCC[C@@H]1c1ccsc1)[C@@H]1CCS(=O)(=O)C1. The van der Waals surface area contributed by atoms with E-state index in [1.54, 1.807) is 11.3 Å². The Hall–Kier alpha value is -0.920. The summed E-state index contributed by atoms with van der Waals surface area (Å²) in [4.78, 5) is 16.5. The van der Waals surface area contributed by atoms with Crippen molar-refractivity contribution in [1.29, 1.82) is 0 Å². The summed E-state index contributed by atoms with van der Waals surface area (Å²) in [5.41, 5.74) is 1.22. The van der Waals surface area contributed by atoms with Gasteiger partial charge in [0.2, 0.25) is 5.91 Å². The lowest BCUT2D eigenvalue weighted by molar-refractivity contribution is -0.133. The number of carbonyl (C=O) groups is 1. The Balaban J connectivity index is 1.62. The van der Waals surface area contributed by atoms with Gasteiger partial charge in [-0.25, -0.2) is 8.42 Å². The lowest BCUT2D eigenvalue weighted by atomic mass is 10.1. The third kappa shape index (κ3) is 3.36. The van der Waals surface area contributed by atoms with Crippen molar-refractivity contribution in [3.05, 3.63) is 22.4 Å². The summed E-state index contributed by atoms with van der Waals surface area (Å²) in [6.45, 7) is 1.11. The van der Waals surface area contributed by atoms with Crippen LogP contribution in [0.4, 0.5) is 0 Å². The van der Waals surface area contributed by atoms with Crippen LogP contribution in [0.3, 0.4) is 0 Å². The lowest BCUT2D eigenvalue weighted by Gasteiger charge is -2.29. The number of hydrogen-bond donors (Lipinski definition) is 0. The second kappa shape index (κ2) is 6.29. The van der Waals surface area contributed by atoms with Gasteiger partial charge in [0.25, 0.3) is 0 Å². The fraction of sp³-hybridized carbons (Fsp3) is 0.667. The zero-order valence-electron chi connectivity index (χ0n) is 12.8. The van der Waals surface area contributed by atoms with Crippen LogP contribution in [0.15, 0.2) is 16.8 Å². The Kier molecular flexibility index (Phi) is 4.56. The molecule has 1 aromatic heterocycles. The Morgan fingerprint density at radius 3 is 2.91 bits per heavy atom. The summed E-state index contributed by atoms with van der Waals surface area (Å²) < 4.78 is 23.1. The minimum Gasteiger partial charge on any atom is -0.335 e. The Bertz CT molecular complexity index is 627. The molecule has 2 atom stereocenters. The van der Waals surface area contributed by atoms with E-state index in [-0.39, 0.29) is 29.5 Å². The van der Waals surface area contributed by atoms with Crippen LogP contribution in [-0.2, 0) is 14.6 Å². The van der Waals surface area contributed by atoms with Crippen molar-refractivity contribution in [2.45, 2.75) is 31.3 Å². The first kappa shape index (κ1) is 16.0. The number of sulfone groups is 1. The van der Waals surface area contributed by atoms with Crippen LogP contribution < -0.4 is 0 Å². The van der Waals surface area contributed by atoms with Crippen LogP contribution in [0.1, 0.15) is 30.9 Å². The molecule has 0 aliphatic carbocycles. The molecule has 22 heavy (non-hydrogen) atoms. The van der Waals surface area contributed by atoms with E-state index in [1.807, 2.05) is 22.2 Å². The van der Waals surface area contributed by atoms with Crippen molar-refractivity contribution >= 4 is 27.1 Å². The van der Waals surface area contributed by atoms with Crippen molar-refractivity contribution < 1.29 is 13.2 Å². The molecule has 0 N–H and O–H groups in total. The third-order valence-corrected chi connectivity index (χ3v) is 7.17. The molecule has 2 aliphatic heterocycles. The van der Waals surface area contributed by atoms with Gasteiger partial charge in [-0.3, -0.25) is 9.69 Å². The molecule has 0 saturated carbocycles. The third-order valence-electron chi connectivity index (χ3n) is 4.72. The molecule has 1 amide bonds. The molecule has 0 unspecified atom stereocenters. The van der Waals surface area contributed by atoms with Gasteiger partial charge < -0.3 is 4.90 Å². The summed E-state index contributed by atoms with van der Waals surface area (Å²) in [6, 6.07) is 2.27. The van der Waals surface area contributed by atoms with Crippen molar-refractivity contribution in [2.24, 2.45) is 0 Å². The van der Waals surface area contributed by atoms with Crippen molar-refractivity contribution in [3.8, 4) is 0 Å². The zero-order valence-corrected chi connectivity index (χ0v) is 14.4. The summed E-state index contributed by atoms with van der Waals surface area (Å²) in [6.07, 6.45) is 2.69. The molecule has 122 valence electrons. The van der Waals surface area contributed by atoms with Crippen LogP contribution >= 0.6 is 11.3 Å². The monoisotopic (exact) mass is 342 g/mol. The van der Waals surface area contributed by atoms with E-state index in [0.29, 0.717) is 13.0 Å². The fourth-order valence-electron chi connectivity index (χ4n) is 3.43. The van der Waals surface area contributed by atoms with Gasteiger partial charge in [-0.2, -0.15) is 11.3 Å². The molecule has 7 heteroatoms. The number of amides is 1. The van der Waals surface area contributed by atoms with E-state index in [0.717, 1.165) is 19.4 Å². The second-order valence-electron chi connectivity index (χ2n) is 6.27. The van der Waals surface area contributed by atoms with Gasteiger partial charge in [0.15, 0.2) is 9.84 Å². The molecule has 3 heterocycles. The van der Waals surface area contributed by atoms with E-state index >= 15 is 0 Å². The maximum atomic E-state index is 12.6. The molecule has 0 aromatic carbocycles. The van der Waals surface area contributed by atoms with Gasteiger partial charge in [-0.15, -0.1) is 0 Å². The van der Waals surface area contributed by atoms with Gasteiger partial charge in [0, 0.05) is 12.6 Å². The highest BCUT2D eigenvalue weighted by Gasteiger charge is 2.34. The molecular weight excluding hydrogens is 320 g/mol. The number of rotatable bonds is 4. The summed E-state index contributed by atoms with van der Waals surface area (Å²) in [7, 11) is -1.05. The smallest absolute Gasteiger partial charge is 0.237 e. The fourth-order valence-corrected chi connectivity index (χ4v) is 5.94. The molecule has 0 bridgehead atoms. The van der Waals surface area contributed by atoms with Crippen LogP contribution in [-0.4, -0.2) is 61.8 Å². The standard InChI is InChI=1S/C15H22N2O3S2/c1-16(13-5-8-22(19,20)11-13)9-15(18)17-6-2-3-14(17)12-4-7-21-10-12/h4,7,10,13-14H,2-3,5-6,8-9,11H2,1H3/t13-,14-/m1/s1. The van der Waals surface area contributed by atoms with E-state index < -0.39 is 9.84 Å². The Morgan fingerprint density at radius 1 is 1.45 bits per heavy atom. The van der Waals surface area contributed by atoms with Crippen LogP contribution in [0.2, 0.25) is 0 Å². The minimum atomic E-state index is -2.91. The van der Waals surface area contributed by atoms with Crippen LogP contribution in [0.25, 0.3) is 0 Å². The summed E-state index contributed by atoms with van der Waals surface area (Å²) in [5.74, 6) is 0.544. The van der Waals surface area contributed by atoms with Gasteiger partial charge in [0.1, 0.15) is 0 Å². The quantitative estimate of drug-likeness (QED) is 0.833. The molecule has 1 aromatic rings. The van der Waals surface area contributed by atoms with Crippen LogP contribution in [0, 0.1) is 0 Å². The van der Waals surface area contributed by atoms with E-state index in [9.17, 15) is 13.2 Å². The highest BCUT2D eigenvalue weighted by atomic mass is 32.2. The number of carbonyl (C=O) groups excluding carboxylic acids is 1. The average molecular weight is 342 g/mol. The summed E-state index contributed by atoms with van der Waals surface area (Å²) in [5, 5.41) is 4.16. The molecule has 2 fully saturated rings. The first-order valence-corrected chi connectivity index (χ1v) is 10.4. The van der Waals surface area contributed by atoms with E-state index in [2.05, 4.69) is 11.4 Å². The molecule has 2 saturated heterocycles. The lowest BCUT2D eigenvalue weighted by Crippen LogP contribution is -2.43. The first-order chi connectivity index (χ1) is 10.5. The first-order valence-electron chi connectivity index (χ1n) is 7.68. The maximum absolute atomic E-state index is 12.6. The highest BCUT2D eigenvalue weighted by molar-refractivity contribution is 7.91. The molecular formula is C15H22N2O3S2. The Morgan fingerprint density at radius 2 is 2.27 bits per heavy atom. The molecule has 0 spiro atoms. The molecule has 2 aliphatic rings. The van der Waals surface area contributed by atoms with Gasteiger partial charge >= 0.3 is 0 Å². The second-order valence-corrected chi connectivity index (χ2v) is 9.28. The highest BCUT2D eigenvalue weighted by Crippen LogP contribution is 2.33. The molecule has 3 rings (SSSR count). The number of likely N-dealkylation sites (N-methyl/N-ethyl adjacent to an activating group) is 1. The zero-order chi connectivity index (χ0) is 15.7. The average Bonchev–Trinajstić information content (AvgIpc) is 3.17. The van der Waals surface area contributed by atoms with Crippen molar-refractivity contribution in [2.75, 3.05) is 31.6 Å². The van der Waals surface area contributed by atoms with Gasteiger partial charge in [-0.05, 0) is 48.7 Å². The number of likely N-dealkylation sites (tertiary alicyclic amines) is 1. The van der Waals surface area contributed by atoms with Crippen molar-refractivity contribution in [3.63, 3.8) is 0 Å². The van der Waals surface area contributed by atoms with Crippen molar-refractivity contribution in [1.82, 2.24) is 9.80 Å². The summed E-state index contributed by atoms with van der Waals surface area (Å²) >= 11 is 1.66. The topological polar surface area (TPSA) is 57.7 Å².